The number of aliphatic imine (C=N–C) groups is 1. The van der Waals surface area contributed by atoms with E-state index in [9.17, 15) is 4.79 Å². The highest BCUT2D eigenvalue weighted by molar-refractivity contribution is 14.0. The Kier molecular flexibility index (Phi) is 13.5. The van der Waals surface area contributed by atoms with Gasteiger partial charge in [-0.15, -0.1) is 24.0 Å². The largest absolute Gasteiger partial charge is 0.376 e. The second-order valence-corrected chi connectivity index (χ2v) is 7.00. The normalized spacial score (nSPS) is 11.9. The van der Waals surface area contributed by atoms with Crippen molar-refractivity contribution >= 4 is 35.8 Å². The van der Waals surface area contributed by atoms with Crippen molar-refractivity contribution in [2.45, 2.75) is 20.0 Å². The number of ether oxygens (including phenoxy) is 1. The maximum atomic E-state index is 12.0. The highest BCUT2D eigenvalue weighted by Crippen LogP contribution is 2.03. The van der Waals surface area contributed by atoms with Crippen molar-refractivity contribution in [3.63, 3.8) is 0 Å². The first-order valence-corrected chi connectivity index (χ1v) is 10.0. The number of hydrogen-bond donors (Lipinski definition) is 3. The van der Waals surface area contributed by atoms with E-state index >= 15 is 0 Å². The van der Waals surface area contributed by atoms with Crippen LogP contribution in [0.25, 0.3) is 0 Å². The number of nitrogens with zero attached hydrogens (tertiary/aromatic N) is 1. The fourth-order valence-electron chi connectivity index (χ4n) is 2.72. The highest BCUT2D eigenvalue weighted by atomic mass is 127. The van der Waals surface area contributed by atoms with Crippen molar-refractivity contribution in [2.75, 3.05) is 33.3 Å². The first-order valence-electron chi connectivity index (χ1n) is 10.0. The van der Waals surface area contributed by atoms with Crippen LogP contribution in [0.2, 0.25) is 0 Å². The molecule has 1 unspecified atom stereocenters. The summed E-state index contributed by atoms with van der Waals surface area (Å²) in [5, 5.41) is 9.19. The third-order valence-corrected chi connectivity index (χ3v) is 4.35. The van der Waals surface area contributed by atoms with Gasteiger partial charge in [0.15, 0.2) is 5.96 Å². The van der Waals surface area contributed by atoms with Gasteiger partial charge in [0.25, 0.3) is 0 Å². The fourth-order valence-corrected chi connectivity index (χ4v) is 2.72. The summed E-state index contributed by atoms with van der Waals surface area (Å²) in [6, 6.07) is 20.2. The summed E-state index contributed by atoms with van der Waals surface area (Å²) in [7, 11) is 1.69. The van der Waals surface area contributed by atoms with Crippen molar-refractivity contribution in [3.8, 4) is 0 Å². The third-order valence-electron chi connectivity index (χ3n) is 4.35. The second-order valence-electron chi connectivity index (χ2n) is 7.00. The predicted octanol–water partition coefficient (Wildman–Crippen LogP) is 2.98. The molecule has 0 aliphatic rings. The van der Waals surface area contributed by atoms with Crippen molar-refractivity contribution in [3.05, 3.63) is 71.8 Å². The summed E-state index contributed by atoms with van der Waals surface area (Å²) in [4.78, 5) is 16.2. The monoisotopic (exact) mass is 524 g/mol. The summed E-state index contributed by atoms with van der Waals surface area (Å²) >= 11 is 0. The second kappa shape index (κ2) is 15.7. The number of carbonyl (C=O) groups is 1. The van der Waals surface area contributed by atoms with Gasteiger partial charge in [0.2, 0.25) is 5.91 Å². The zero-order valence-corrected chi connectivity index (χ0v) is 20.1. The predicted molar refractivity (Wildman–Crippen MR) is 133 cm³/mol. The molecule has 0 heterocycles. The Hall–Kier alpha value is -2.13. The molecule has 2 aromatic carbocycles. The van der Waals surface area contributed by atoms with Gasteiger partial charge in [0.05, 0.1) is 19.8 Å². The van der Waals surface area contributed by atoms with Crippen LogP contribution in [0, 0.1) is 5.92 Å². The SMILES string of the molecule is CN=C(NCC(=O)NCCc1ccccc1)NCC(C)COCc1ccccc1.I. The number of guanidine groups is 1. The van der Waals surface area contributed by atoms with E-state index in [4.69, 9.17) is 4.74 Å². The fraction of sp³-hybridized carbons (Fsp3) is 0.391. The minimum atomic E-state index is -0.0527. The smallest absolute Gasteiger partial charge is 0.239 e. The lowest BCUT2D eigenvalue weighted by Crippen LogP contribution is -2.44. The molecule has 3 N–H and O–H groups in total. The van der Waals surface area contributed by atoms with Crippen LogP contribution in [0.15, 0.2) is 65.7 Å². The van der Waals surface area contributed by atoms with Crippen molar-refractivity contribution < 1.29 is 9.53 Å². The van der Waals surface area contributed by atoms with Crippen LogP contribution >= 0.6 is 24.0 Å². The van der Waals surface area contributed by atoms with Crippen LogP contribution in [0.4, 0.5) is 0 Å². The maximum absolute atomic E-state index is 12.0. The van der Waals surface area contributed by atoms with E-state index in [1.807, 2.05) is 36.4 Å². The molecule has 2 aromatic rings. The summed E-state index contributed by atoms with van der Waals surface area (Å²) in [6.45, 7) is 4.89. The van der Waals surface area contributed by atoms with Gasteiger partial charge in [-0.2, -0.15) is 0 Å². The molecule has 0 aliphatic heterocycles. The molecule has 1 amide bonds. The number of halogens is 1. The Morgan fingerprint density at radius 3 is 2.23 bits per heavy atom. The highest BCUT2D eigenvalue weighted by Gasteiger charge is 2.06. The molecule has 0 bridgehead atoms. The van der Waals surface area contributed by atoms with Crippen molar-refractivity contribution in [2.24, 2.45) is 10.9 Å². The maximum Gasteiger partial charge on any atom is 0.239 e. The van der Waals surface area contributed by atoms with Gasteiger partial charge in [-0.1, -0.05) is 67.6 Å². The van der Waals surface area contributed by atoms with E-state index in [-0.39, 0.29) is 36.4 Å². The van der Waals surface area contributed by atoms with E-state index in [1.165, 1.54) is 11.1 Å². The summed E-state index contributed by atoms with van der Waals surface area (Å²) < 4.78 is 5.76. The number of carbonyl (C=O) groups excluding carboxylic acids is 1. The van der Waals surface area contributed by atoms with Gasteiger partial charge in [-0.05, 0) is 23.5 Å². The van der Waals surface area contributed by atoms with E-state index in [0.717, 1.165) is 6.42 Å². The quantitative estimate of drug-likeness (QED) is 0.240. The van der Waals surface area contributed by atoms with E-state index in [0.29, 0.717) is 38.2 Å². The molecule has 0 saturated carbocycles. The number of benzene rings is 2. The van der Waals surface area contributed by atoms with Gasteiger partial charge >= 0.3 is 0 Å². The lowest BCUT2D eigenvalue weighted by molar-refractivity contribution is -0.119. The molecule has 0 radical (unpaired) electrons. The Morgan fingerprint density at radius 2 is 1.60 bits per heavy atom. The molecule has 0 fully saturated rings. The standard InChI is InChI=1S/C23H32N4O2.HI/c1-19(17-29-18-21-11-7-4-8-12-21)15-26-23(24-2)27-16-22(28)25-14-13-20-9-5-3-6-10-20;/h3-12,19H,13-18H2,1-2H3,(H,25,28)(H2,24,26,27);1H. The first kappa shape index (κ1) is 25.9. The number of amides is 1. The summed E-state index contributed by atoms with van der Waals surface area (Å²) in [6.07, 6.45) is 0.819. The topological polar surface area (TPSA) is 74.8 Å². The first-order chi connectivity index (χ1) is 14.2. The van der Waals surface area contributed by atoms with E-state index < -0.39 is 0 Å². The third kappa shape index (κ3) is 11.2. The molecular weight excluding hydrogens is 491 g/mol. The zero-order valence-electron chi connectivity index (χ0n) is 17.8. The van der Waals surface area contributed by atoms with Gasteiger partial charge in [0, 0.05) is 20.1 Å². The average molecular weight is 524 g/mol. The van der Waals surface area contributed by atoms with Crippen LogP contribution in [-0.2, 0) is 22.6 Å². The van der Waals surface area contributed by atoms with E-state index in [1.54, 1.807) is 7.05 Å². The van der Waals surface area contributed by atoms with Crippen LogP contribution in [0.1, 0.15) is 18.1 Å². The molecule has 164 valence electrons. The molecule has 1 atom stereocenters. The van der Waals surface area contributed by atoms with Crippen molar-refractivity contribution in [1.82, 2.24) is 16.0 Å². The Bertz CT molecular complexity index is 741. The van der Waals surface area contributed by atoms with Crippen LogP contribution in [0.3, 0.4) is 0 Å². The lowest BCUT2D eigenvalue weighted by atomic mass is 10.1. The van der Waals surface area contributed by atoms with Crippen LogP contribution in [0.5, 0.6) is 0 Å². The van der Waals surface area contributed by atoms with Gasteiger partial charge < -0.3 is 20.7 Å². The molecule has 30 heavy (non-hydrogen) atoms. The molecule has 2 rings (SSSR count). The zero-order chi connectivity index (χ0) is 20.7. The number of nitrogens with one attached hydrogen (secondary N) is 3. The minimum Gasteiger partial charge on any atom is -0.376 e. The Labute approximate surface area is 196 Å². The Balaban J connectivity index is 0.00000450. The number of hydrogen-bond acceptors (Lipinski definition) is 3. The molecule has 0 spiro atoms. The van der Waals surface area contributed by atoms with Gasteiger partial charge in [-0.25, -0.2) is 0 Å². The molecule has 0 aliphatic carbocycles. The Morgan fingerprint density at radius 1 is 0.967 bits per heavy atom. The van der Waals surface area contributed by atoms with Gasteiger partial charge in [-0.3, -0.25) is 9.79 Å². The average Bonchev–Trinajstić information content (AvgIpc) is 2.75. The lowest BCUT2D eigenvalue weighted by Gasteiger charge is -2.16. The van der Waals surface area contributed by atoms with Crippen LogP contribution < -0.4 is 16.0 Å². The molecule has 6 nitrogen and oxygen atoms in total. The molecule has 0 aromatic heterocycles. The summed E-state index contributed by atoms with van der Waals surface area (Å²) in [5.41, 5.74) is 2.38. The summed E-state index contributed by atoms with van der Waals surface area (Å²) in [5.74, 6) is 0.873. The number of rotatable bonds is 11. The van der Waals surface area contributed by atoms with E-state index in [2.05, 4.69) is 52.1 Å². The van der Waals surface area contributed by atoms with Crippen molar-refractivity contribution in [1.29, 1.82) is 0 Å². The van der Waals surface area contributed by atoms with Crippen LogP contribution in [-0.4, -0.2) is 45.2 Å². The van der Waals surface area contributed by atoms with Gasteiger partial charge in [0.1, 0.15) is 0 Å². The molecule has 0 saturated heterocycles. The minimum absolute atomic E-state index is 0. The molecule has 7 heteroatoms. The molecular formula is C23H33IN4O2.